The van der Waals surface area contributed by atoms with E-state index in [0.717, 1.165) is 0 Å². The first-order valence-corrected chi connectivity index (χ1v) is 4.17. The maximum atomic E-state index is 9.04. The number of aliphatic hydroxyl groups excluding tert-OH is 1. The number of aromatic nitrogens is 2. The van der Waals surface area contributed by atoms with E-state index in [-0.39, 0.29) is 12.6 Å². The van der Waals surface area contributed by atoms with Gasteiger partial charge in [-0.2, -0.15) is 0 Å². The van der Waals surface area contributed by atoms with Crippen molar-refractivity contribution in [2.45, 2.75) is 32.2 Å². The van der Waals surface area contributed by atoms with E-state index in [9.17, 15) is 0 Å². The third kappa shape index (κ3) is 2.05. The van der Waals surface area contributed by atoms with E-state index in [1.165, 1.54) is 0 Å². The molecule has 0 saturated carbocycles. The Labute approximate surface area is 77.0 Å². The Morgan fingerprint density at radius 3 is 2.54 bits per heavy atom. The minimum Gasteiger partial charge on any atom is -0.423 e. The summed E-state index contributed by atoms with van der Waals surface area (Å²) >= 11 is 0. The largest absolute Gasteiger partial charge is 0.423 e. The molecule has 0 saturated heterocycles. The topological polar surface area (TPSA) is 85.2 Å². The minimum atomic E-state index is -0.500. The van der Waals surface area contributed by atoms with Gasteiger partial charge in [0.2, 0.25) is 11.8 Å². The van der Waals surface area contributed by atoms with Crippen molar-refractivity contribution in [2.75, 3.05) is 6.61 Å². The molecule has 1 aromatic rings. The predicted molar refractivity (Wildman–Crippen MR) is 47.0 cm³/mol. The van der Waals surface area contributed by atoms with E-state index in [2.05, 4.69) is 10.2 Å². The molecule has 0 aliphatic heterocycles. The standard InChI is InChI=1S/C8H15N3O2/c1-5(9)6-10-11-7(13-6)8(2,3)4-12/h5,12H,4,9H2,1-3H3/t5-/m0/s1. The Morgan fingerprint density at radius 1 is 1.54 bits per heavy atom. The summed E-state index contributed by atoms with van der Waals surface area (Å²) in [5, 5.41) is 16.6. The summed E-state index contributed by atoms with van der Waals surface area (Å²) in [5.41, 5.74) is 5.05. The monoisotopic (exact) mass is 185 g/mol. The van der Waals surface area contributed by atoms with Gasteiger partial charge in [0.15, 0.2) is 0 Å². The molecule has 0 spiro atoms. The van der Waals surface area contributed by atoms with Gasteiger partial charge in [-0.05, 0) is 20.8 Å². The lowest BCUT2D eigenvalue weighted by Gasteiger charge is -2.15. The summed E-state index contributed by atoms with van der Waals surface area (Å²) in [7, 11) is 0. The highest BCUT2D eigenvalue weighted by Crippen LogP contribution is 2.21. The van der Waals surface area contributed by atoms with E-state index >= 15 is 0 Å². The Kier molecular flexibility index (Phi) is 2.68. The first kappa shape index (κ1) is 10.1. The molecule has 0 fully saturated rings. The third-order valence-corrected chi connectivity index (χ3v) is 1.80. The summed E-state index contributed by atoms with van der Waals surface area (Å²) in [6.45, 7) is 5.38. The number of hydrogen-bond acceptors (Lipinski definition) is 5. The van der Waals surface area contributed by atoms with Crippen LogP contribution >= 0.6 is 0 Å². The van der Waals surface area contributed by atoms with Crippen LogP contribution in [0.2, 0.25) is 0 Å². The number of nitrogens with two attached hydrogens (primary N) is 1. The van der Waals surface area contributed by atoms with E-state index in [4.69, 9.17) is 15.3 Å². The highest BCUT2D eigenvalue weighted by molar-refractivity contribution is 4.99. The lowest BCUT2D eigenvalue weighted by atomic mass is 9.95. The van der Waals surface area contributed by atoms with E-state index < -0.39 is 5.41 Å². The van der Waals surface area contributed by atoms with Crippen LogP contribution in [0, 0.1) is 0 Å². The summed E-state index contributed by atoms with van der Waals surface area (Å²) in [6.07, 6.45) is 0. The SMILES string of the molecule is C[C@H](N)c1nnc(C(C)(C)CO)o1. The molecule has 0 unspecified atom stereocenters. The van der Waals surface area contributed by atoms with Crippen LogP contribution in [0.3, 0.4) is 0 Å². The Balaban J connectivity index is 2.91. The van der Waals surface area contributed by atoms with Crippen LogP contribution in [0.25, 0.3) is 0 Å². The van der Waals surface area contributed by atoms with Gasteiger partial charge in [0.1, 0.15) is 0 Å². The Morgan fingerprint density at radius 2 is 2.15 bits per heavy atom. The molecule has 0 radical (unpaired) electrons. The van der Waals surface area contributed by atoms with E-state index in [1.807, 2.05) is 13.8 Å². The first-order chi connectivity index (χ1) is 5.97. The fourth-order valence-corrected chi connectivity index (χ4v) is 0.760. The molecule has 0 aromatic carbocycles. The van der Waals surface area contributed by atoms with Crippen molar-refractivity contribution in [3.8, 4) is 0 Å². The molecule has 0 aliphatic rings. The molecule has 5 nitrogen and oxygen atoms in total. The Bertz CT molecular complexity index is 281. The van der Waals surface area contributed by atoms with Crippen LogP contribution in [0.15, 0.2) is 4.42 Å². The number of hydrogen-bond donors (Lipinski definition) is 2. The molecule has 0 aliphatic carbocycles. The van der Waals surface area contributed by atoms with Crippen molar-refractivity contribution in [1.82, 2.24) is 10.2 Å². The molecule has 0 amide bonds. The van der Waals surface area contributed by atoms with Crippen molar-refractivity contribution in [1.29, 1.82) is 0 Å². The van der Waals surface area contributed by atoms with Gasteiger partial charge in [-0.25, -0.2) is 0 Å². The highest BCUT2D eigenvalue weighted by Gasteiger charge is 2.26. The van der Waals surface area contributed by atoms with Crippen molar-refractivity contribution >= 4 is 0 Å². The fraction of sp³-hybridized carbons (Fsp3) is 0.750. The van der Waals surface area contributed by atoms with E-state index in [1.54, 1.807) is 6.92 Å². The maximum Gasteiger partial charge on any atom is 0.232 e. The van der Waals surface area contributed by atoms with Crippen LogP contribution < -0.4 is 5.73 Å². The lowest BCUT2D eigenvalue weighted by molar-refractivity contribution is 0.189. The van der Waals surface area contributed by atoms with Gasteiger partial charge in [-0.1, -0.05) is 0 Å². The van der Waals surface area contributed by atoms with Crippen molar-refractivity contribution in [3.05, 3.63) is 11.8 Å². The van der Waals surface area contributed by atoms with Crippen LogP contribution in [-0.4, -0.2) is 21.9 Å². The van der Waals surface area contributed by atoms with Gasteiger partial charge in [0, 0.05) is 0 Å². The van der Waals surface area contributed by atoms with Gasteiger partial charge >= 0.3 is 0 Å². The Hall–Kier alpha value is -0.940. The lowest BCUT2D eigenvalue weighted by Crippen LogP contribution is -2.22. The summed E-state index contributed by atoms with van der Waals surface area (Å²) in [6, 6.07) is -0.268. The van der Waals surface area contributed by atoms with Crippen LogP contribution in [0.4, 0.5) is 0 Å². The average Bonchev–Trinajstić information content (AvgIpc) is 2.52. The number of rotatable bonds is 3. The van der Waals surface area contributed by atoms with Crippen LogP contribution in [0.1, 0.15) is 38.6 Å². The zero-order chi connectivity index (χ0) is 10.1. The zero-order valence-electron chi connectivity index (χ0n) is 8.11. The molecule has 1 heterocycles. The molecule has 1 rings (SSSR count). The van der Waals surface area contributed by atoms with Crippen molar-refractivity contribution in [2.24, 2.45) is 5.73 Å². The number of aliphatic hydroxyl groups is 1. The van der Waals surface area contributed by atoms with Gasteiger partial charge < -0.3 is 15.3 Å². The van der Waals surface area contributed by atoms with E-state index in [0.29, 0.717) is 11.8 Å². The fourth-order valence-electron chi connectivity index (χ4n) is 0.760. The second kappa shape index (κ2) is 3.43. The van der Waals surface area contributed by atoms with Crippen molar-refractivity contribution in [3.63, 3.8) is 0 Å². The second-order valence-corrected chi connectivity index (χ2v) is 3.78. The van der Waals surface area contributed by atoms with Crippen molar-refractivity contribution < 1.29 is 9.52 Å². The highest BCUT2D eigenvalue weighted by atomic mass is 16.4. The van der Waals surface area contributed by atoms with Crippen LogP contribution in [-0.2, 0) is 5.41 Å². The maximum absolute atomic E-state index is 9.04. The molecule has 0 bridgehead atoms. The normalized spacial score (nSPS) is 14.5. The third-order valence-electron chi connectivity index (χ3n) is 1.80. The molecule has 1 atom stereocenters. The zero-order valence-corrected chi connectivity index (χ0v) is 8.11. The molecular weight excluding hydrogens is 170 g/mol. The molecule has 74 valence electrons. The van der Waals surface area contributed by atoms with Crippen LogP contribution in [0.5, 0.6) is 0 Å². The average molecular weight is 185 g/mol. The first-order valence-electron chi connectivity index (χ1n) is 4.17. The molecule has 5 heteroatoms. The molecular formula is C8H15N3O2. The van der Waals surface area contributed by atoms with Gasteiger partial charge in [0.25, 0.3) is 0 Å². The second-order valence-electron chi connectivity index (χ2n) is 3.78. The number of nitrogens with zero attached hydrogens (tertiary/aromatic N) is 2. The van der Waals surface area contributed by atoms with Gasteiger partial charge in [-0.15, -0.1) is 10.2 Å². The molecule has 1 aromatic heterocycles. The summed E-state index contributed by atoms with van der Waals surface area (Å²) in [4.78, 5) is 0. The summed E-state index contributed by atoms with van der Waals surface area (Å²) in [5.74, 6) is 0.818. The quantitative estimate of drug-likeness (QED) is 0.710. The predicted octanol–water partition coefficient (Wildman–Crippen LogP) is 0.359. The summed E-state index contributed by atoms with van der Waals surface area (Å²) < 4.78 is 5.29. The minimum absolute atomic E-state index is 0.0341. The van der Waals surface area contributed by atoms with Gasteiger partial charge in [-0.3, -0.25) is 0 Å². The molecule has 3 N–H and O–H groups in total. The smallest absolute Gasteiger partial charge is 0.232 e. The van der Waals surface area contributed by atoms with Gasteiger partial charge in [0.05, 0.1) is 18.1 Å². The molecule has 13 heavy (non-hydrogen) atoms.